The maximum absolute atomic E-state index is 13.4. The Balaban J connectivity index is 1.26. The van der Waals surface area contributed by atoms with Crippen LogP contribution in [0, 0.1) is 16.6 Å². The molecule has 2 aromatic carbocycles. The average molecular weight is 462 g/mol. The summed E-state index contributed by atoms with van der Waals surface area (Å²) in [6, 6.07) is 12.1. The van der Waals surface area contributed by atoms with Gasteiger partial charge in [-0.2, -0.15) is 5.10 Å². The van der Waals surface area contributed by atoms with E-state index < -0.39 is 0 Å². The van der Waals surface area contributed by atoms with E-state index in [0.29, 0.717) is 16.0 Å². The Morgan fingerprint density at radius 1 is 1.24 bits per heavy atom. The Morgan fingerprint density at radius 2 is 2.06 bits per heavy atom. The van der Waals surface area contributed by atoms with Gasteiger partial charge in [-0.3, -0.25) is 4.79 Å². The molecule has 3 aliphatic rings. The highest BCUT2D eigenvalue weighted by Gasteiger charge is 2.71. The van der Waals surface area contributed by atoms with E-state index in [1.807, 2.05) is 23.0 Å². The fraction of sp³-hybridized carbons (Fsp3) is 0.333. The highest BCUT2D eigenvalue weighted by molar-refractivity contribution is 6.31. The van der Waals surface area contributed by atoms with Gasteiger partial charge in [0.1, 0.15) is 5.82 Å². The van der Waals surface area contributed by atoms with Crippen LogP contribution in [-0.4, -0.2) is 22.7 Å². The first-order chi connectivity index (χ1) is 15.9. The molecule has 6 heteroatoms. The Kier molecular flexibility index (Phi) is 4.57. The van der Waals surface area contributed by atoms with Crippen LogP contribution in [0.2, 0.25) is 5.02 Å². The first-order valence-electron chi connectivity index (χ1n) is 11.5. The van der Waals surface area contributed by atoms with Crippen molar-refractivity contribution >= 4 is 23.6 Å². The molecule has 0 aliphatic heterocycles. The van der Waals surface area contributed by atoms with Crippen molar-refractivity contribution in [2.75, 3.05) is 7.05 Å². The Bertz CT molecular complexity index is 1310. The zero-order valence-corrected chi connectivity index (χ0v) is 19.3. The number of aryl methyl sites for hydroxylation is 1. The number of carbonyl (C=O) groups is 1. The normalized spacial score (nSPS) is 24.5. The molecule has 3 aromatic rings. The lowest BCUT2D eigenvalue weighted by Gasteiger charge is -2.24. The molecule has 1 N–H and O–H groups in total. The number of hydrogen-bond acceptors (Lipinski definition) is 2. The Morgan fingerprint density at radius 3 is 2.85 bits per heavy atom. The van der Waals surface area contributed by atoms with E-state index in [4.69, 9.17) is 11.6 Å². The molecule has 2 atom stereocenters. The standard InChI is InChI=1S/C27H25ClFN3O/c1-30-25(33)23-13-20(28)3-2-17(23)8-10-26-11-9-19-12-24-18(14-27(19,26)16-26)15-31-32(24)22-6-4-21(29)5-7-22/h2-7,12-13,15H,8-11,14,16H2,1H3,(H,30,33)/t26-,27-/m1/s1. The van der Waals surface area contributed by atoms with Crippen molar-refractivity contribution in [1.29, 1.82) is 0 Å². The summed E-state index contributed by atoms with van der Waals surface area (Å²) in [6.07, 6.45) is 10.8. The predicted octanol–water partition coefficient (Wildman–Crippen LogP) is 5.77. The summed E-state index contributed by atoms with van der Waals surface area (Å²) in [5, 5.41) is 7.95. The molecule has 3 aliphatic carbocycles. The predicted molar refractivity (Wildman–Crippen MR) is 127 cm³/mol. The molecule has 0 saturated heterocycles. The first kappa shape index (κ1) is 20.7. The van der Waals surface area contributed by atoms with E-state index in [-0.39, 0.29) is 17.1 Å². The van der Waals surface area contributed by atoms with Crippen LogP contribution >= 0.6 is 11.6 Å². The number of carbonyl (C=O) groups excluding carboxylic acids is 1. The van der Waals surface area contributed by atoms with Gasteiger partial charge in [-0.1, -0.05) is 23.2 Å². The summed E-state index contributed by atoms with van der Waals surface area (Å²) < 4.78 is 15.3. The van der Waals surface area contributed by atoms with Gasteiger partial charge in [-0.25, -0.2) is 9.07 Å². The second-order valence-electron chi connectivity index (χ2n) is 9.71. The third-order valence-electron chi connectivity index (χ3n) is 8.19. The number of allylic oxidation sites excluding steroid dienone is 1. The van der Waals surface area contributed by atoms with Crippen molar-refractivity contribution in [2.45, 2.75) is 38.5 Å². The minimum atomic E-state index is -0.240. The van der Waals surface area contributed by atoms with Gasteiger partial charge in [0, 0.05) is 23.0 Å². The van der Waals surface area contributed by atoms with Crippen LogP contribution in [0.4, 0.5) is 4.39 Å². The second-order valence-corrected chi connectivity index (χ2v) is 10.1. The molecule has 33 heavy (non-hydrogen) atoms. The maximum atomic E-state index is 13.4. The molecule has 1 amide bonds. The zero-order chi connectivity index (χ0) is 22.8. The molecule has 0 bridgehead atoms. The van der Waals surface area contributed by atoms with E-state index in [9.17, 15) is 9.18 Å². The minimum Gasteiger partial charge on any atom is -0.355 e. The van der Waals surface area contributed by atoms with Crippen LogP contribution in [0.25, 0.3) is 11.8 Å². The van der Waals surface area contributed by atoms with Gasteiger partial charge in [-0.15, -0.1) is 0 Å². The molecule has 1 heterocycles. The number of benzene rings is 2. The van der Waals surface area contributed by atoms with Crippen molar-refractivity contribution < 1.29 is 9.18 Å². The average Bonchev–Trinajstić information content (AvgIpc) is 3.09. The van der Waals surface area contributed by atoms with Gasteiger partial charge in [0.05, 0.1) is 17.6 Å². The lowest BCUT2D eigenvalue weighted by Crippen LogP contribution is -2.20. The summed E-state index contributed by atoms with van der Waals surface area (Å²) in [4.78, 5) is 12.4. The molecule has 1 spiro atoms. The number of fused-ring (bicyclic) bond motifs is 1. The number of amides is 1. The molecule has 168 valence electrons. The maximum Gasteiger partial charge on any atom is 0.251 e. The van der Waals surface area contributed by atoms with Gasteiger partial charge in [0.15, 0.2) is 0 Å². The van der Waals surface area contributed by atoms with Crippen LogP contribution in [0.3, 0.4) is 0 Å². The number of nitrogens with zero attached hydrogens (tertiary/aromatic N) is 2. The summed E-state index contributed by atoms with van der Waals surface area (Å²) in [5.41, 5.74) is 7.08. The molecule has 1 aromatic heterocycles. The van der Waals surface area contributed by atoms with Crippen molar-refractivity contribution in [2.24, 2.45) is 10.8 Å². The van der Waals surface area contributed by atoms with Crippen LogP contribution in [0.15, 0.2) is 54.2 Å². The fourth-order valence-electron chi connectivity index (χ4n) is 6.40. The third kappa shape index (κ3) is 3.09. The van der Waals surface area contributed by atoms with Crippen LogP contribution in [0.5, 0.6) is 0 Å². The van der Waals surface area contributed by atoms with E-state index in [1.54, 1.807) is 25.2 Å². The van der Waals surface area contributed by atoms with Crippen molar-refractivity contribution in [1.82, 2.24) is 15.1 Å². The molecular weight excluding hydrogens is 437 g/mol. The highest BCUT2D eigenvalue weighted by Crippen LogP contribution is 2.79. The molecular formula is C27H25ClFN3O. The number of rotatable bonds is 5. The van der Waals surface area contributed by atoms with Crippen LogP contribution in [-0.2, 0) is 12.8 Å². The number of aromatic nitrogens is 2. The van der Waals surface area contributed by atoms with E-state index >= 15 is 0 Å². The molecule has 2 saturated carbocycles. The second kappa shape index (κ2) is 7.29. The number of halogens is 2. The lowest BCUT2D eigenvalue weighted by atomic mass is 9.80. The largest absolute Gasteiger partial charge is 0.355 e. The Hall–Kier alpha value is -2.92. The number of hydrogen-bond donors (Lipinski definition) is 1. The van der Waals surface area contributed by atoms with E-state index in [2.05, 4.69) is 16.5 Å². The van der Waals surface area contributed by atoms with Gasteiger partial charge in [0.25, 0.3) is 5.91 Å². The van der Waals surface area contributed by atoms with Gasteiger partial charge < -0.3 is 5.32 Å². The first-order valence-corrected chi connectivity index (χ1v) is 11.9. The lowest BCUT2D eigenvalue weighted by molar-refractivity contribution is 0.0962. The van der Waals surface area contributed by atoms with Gasteiger partial charge >= 0.3 is 0 Å². The van der Waals surface area contributed by atoms with Crippen molar-refractivity contribution in [3.63, 3.8) is 0 Å². The smallest absolute Gasteiger partial charge is 0.251 e. The topological polar surface area (TPSA) is 46.9 Å². The highest BCUT2D eigenvalue weighted by atomic mass is 35.5. The summed E-state index contributed by atoms with van der Waals surface area (Å²) in [6.45, 7) is 0. The SMILES string of the molecule is CNC(=O)c1cc(Cl)ccc1CC[C@]12CCC3=Cc4c(cnn4-c4ccc(F)cc4)C[C@@]31C2. The number of nitrogens with one attached hydrogen (secondary N) is 1. The summed E-state index contributed by atoms with van der Waals surface area (Å²) >= 11 is 6.16. The van der Waals surface area contributed by atoms with E-state index in [1.165, 1.54) is 36.1 Å². The quantitative estimate of drug-likeness (QED) is 0.524. The minimum absolute atomic E-state index is 0.0852. The van der Waals surface area contributed by atoms with Crippen molar-refractivity contribution in [3.05, 3.63) is 87.5 Å². The monoisotopic (exact) mass is 461 g/mol. The van der Waals surface area contributed by atoms with Crippen LogP contribution < -0.4 is 5.32 Å². The molecule has 6 rings (SSSR count). The molecule has 2 fully saturated rings. The van der Waals surface area contributed by atoms with Crippen LogP contribution in [0.1, 0.15) is 52.9 Å². The zero-order valence-electron chi connectivity index (χ0n) is 18.5. The van der Waals surface area contributed by atoms with E-state index in [0.717, 1.165) is 42.6 Å². The summed E-state index contributed by atoms with van der Waals surface area (Å²) in [7, 11) is 1.65. The summed E-state index contributed by atoms with van der Waals surface area (Å²) in [5.74, 6) is -0.325. The fourth-order valence-corrected chi connectivity index (χ4v) is 6.57. The third-order valence-corrected chi connectivity index (χ3v) is 8.43. The molecule has 4 nitrogen and oxygen atoms in total. The Labute approximate surface area is 197 Å². The van der Waals surface area contributed by atoms with Gasteiger partial charge in [0.2, 0.25) is 0 Å². The van der Waals surface area contributed by atoms with Gasteiger partial charge in [-0.05, 0) is 97.5 Å². The molecule has 0 unspecified atom stereocenters. The molecule has 0 radical (unpaired) electrons. The van der Waals surface area contributed by atoms with Crippen molar-refractivity contribution in [3.8, 4) is 5.69 Å².